The predicted octanol–water partition coefficient (Wildman–Crippen LogP) is 2.39. The molecule has 0 aliphatic carbocycles. The number of piperidine rings is 1. The number of hydrogen-bond donors (Lipinski definition) is 2. The first-order chi connectivity index (χ1) is 11.4. The summed E-state index contributed by atoms with van der Waals surface area (Å²) in [6.07, 6.45) is 3.76. The molecule has 1 aliphatic heterocycles. The van der Waals surface area contributed by atoms with Crippen LogP contribution < -0.4 is 10.6 Å². The highest BCUT2D eigenvalue weighted by atomic mass is 15.2. The fraction of sp³-hybridized carbons (Fsp3) is 0.947. The Labute approximate surface area is 150 Å². The summed E-state index contributed by atoms with van der Waals surface area (Å²) >= 11 is 0. The van der Waals surface area contributed by atoms with Gasteiger partial charge >= 0.3 is 0 Å². The van der Waals surface area contributed by atoms with Crippen LogP contribution in [-0.2, 0) is 0 Å². The zero-order valence-electron chi connectivity index (χ0n) is 16.9. The highest BCUT2D eigenvalue weighted by molar-refractivity contribution is 5.79. The number of nitrogens with zero attached hydrogens (tertiary/aromatic N) is 3. The second-order valence-electron chi connectivity index (χ2n) is 7.70. The van der Waals surface area contributed by atoms with Gasteiger partial charge < -0.3 is 15.5 Å². The van der Waals surface area contributed by atoms with Crippen molar-refractivity contribution in [1.29, 1.82) is 0 Å². The molecule has 1 fully saturated rings. The van der Waals surface area contributed by atoms with Gasteiger partial charge in [0.05, 0.1) is 0 Å². The molecule has 0 aromatic rings. The first-order valence-corrected chi connectivity index (χ1v) is 9.90. The molecular weight excluding hydrogens is 298 g/mol. The second kappa shape index (κ2) is 11.7. The van der Waals surface area contributed by atoms with Crippen LogP contribution in [0.4, 0.5) is 0 Å². The fourth-order valence-electron chi connectivity index (χ4n) is 3.57. The van der Waals surface area contributed by atoms with Gasteiger partial charge in [-0.1, -0.05) is 0 Å². The summed E-state index contributed by atoms with van der Waals surface area (Å²) in [6.45, 7) is 17.6. The second-order valence-corrected chi connectivity index (χ2v) is 7.70. The van der Waals surface area contributed by atoms with Crippen LogP contribution in [-0.4, -0.2) is 74.2 Å². The third-order valence-electron chi connectivity index (χ3n) is 4.79. The monoisotopic (exact) mass is 339 g/mol. The minimum absolute atomic E-state index is 0.607. The van der Waals surface area contributed by atoms with Gasteiger partial charge in [-0.05, 0) is 73.4 Å². The molecule has 1 rings (SSSR count). The van der Waals surface area contributed by atoms with Crippen molar-refractivity contribution in [1.82, 2.24) is 20.4 Å². The number of hydrogen-bond acceptors (Lipinski definition) is 3. The van der Waals surface area contributed by atoms with E-state index in [9.17, 15) is 0 Å². The molecular formula is C19H41N5. The van der Waals surface area contributed by atoms with E-state index in [1.54, 1.807) is 0 Å². The minimum atomic E-state index is 0.607. The lowest BCUT2D eigenvalue weighted by Crippen LogP contribution is -2.42. The van der Waals surface area contributed by atoms with Gasteiger partial charge in [-0.2, -0.15) is 0 Å². The van der Waals surface area contributed by atoms with Gasteiger partial charge in [0.2, 0.25) is 0 Å². The molecule has 0 bridgehead atoms. The first-order valence-electron chi connectivity index (χ1n) is 9.90. The third-order valence-corrected chi connectivity index (χ3v) is 4.79. The van der Waals surface area contributed by atoms with Crippen LogP contribution in [0, 0.1) is 5.92 Å². The largest absolute Gasteiger partial charge is 0.357 e. The van der Waals surface area contributed by atoms with Crippen molar-refractivity contribution in [2.24, 2.45) is 10.9 Å². The summed E-state index contributed by atoms with van der Waals surface area (Å²) in [4.78, 5) is 9.78. The molecule has 2 N–H and O–H groups in total. The van der Waals surface area contributed by atoms with Gasteiger partial charge in [-0.15, -0.1) is 0 Å². The Hall–Kier alpha value is -0.810. The molecule has 1 heterocycles. The van der Waals surface area contributed by atoms with E-state index in [1.165, 1.54) is 25.9 Å². The van der Waals surface area contributed by atoms with Crippen LogP contribution in [0.2, 0.25) is 0 Å². The van der Waals surface area contributed by atoms with Crippen LogP contribution in [0.15, 0.2) is 4.99 Å². The minimum Gasteiger partial charge on any atom is -0.357 e. The molecule has 1 saturated heterocycles. The molecule has 142 valence electrons. The van der Waals surface area contributed by atoms with Crippen molar-refractivity contribution < 1.29 is 0 Å². The molecule has 1 atom stereocenters. The molecule has 0 aromatic heterocycles. The number of guanidine groups is 1. The van der Waals surface area contributed by atoms with Crippen molar-refractivity contribution in [3.05, 3.63) is 0 Å². The lowest BCUT2D eigenvalue weighted by molar-refractivity contribution is 0.173. The molecule has 0 spiro atoms. The highest BCUT2D eigenvalue weighted by Gasteiger charge is 2.17. The Kier molecular flexibility index (Phi) is 10.3. The van der Waals surface area contributed by atoms with Gasteiger partial charge in [0, 0.05) is 44.8 Å². The first kappa shape index (κ1) is 21.2. The van der Waals surface area contributed by atoms with Crippen molar-refractivity contribution in [3.8, 4) is 0 Å². The van der Waals surface area contributed by atoms with Crippen molar-refractivity contribution in [3.63, 3.8) is 0 Å². The van der Waals surface area contributed by atoms with Crippen LogP contribution in [0.5, 0.6) is 0 Å². The lowest BCUT2D eigenvalue weighted by Gasteiger charge is -2.30. The van der Waals surface area contributed by atoms with Crippen LogP contribution >= 0.6 is 0 Å². The van der Waals surface area contributed by atoms with E-state index in [1.807, 2.05) is 0 Å². The Morgan fingerprint density at radius 3 is 2.50 bits per heavy atom. The average Bonchev–Trinajstić information content (AvgIpc) is 2.51. The van der Waals surface area contributed by atoms with Gasteiger partial charge in [0.15, 0.2) is 5.96 Å². The molecule has 1 unspecified atom stereocenters. The zero-order valence-corrected chi connectivity index (χ0v) is 16.9. The summed E-state index contributed by atoms with van der Waals surface area (Å²) in [5, 5.41) is 6.88. The lowest BCUT2D eigenvalue weighted by atomic mass is 9.99. The van der Waals surface area contributed by atoms with E-state index in [0.29, 0.717) is 18.0 Å². The molecule has 5 nitrogen and oxygen atoms in total. The molecule has 0 saturated carbocycles. The summed E-state index contributed by atoms with van der Waals surface area (Å²) in [5.41, 5.74) is 0. The average molecular weight is 340 g/mol. The van der Waals surface area contributed by atoms with E-state index < -0.39 is 0 Å². The van der Waals surface area contributed by atoms with E-state index in [4.69, 9.17) is 4.99 Å². The number of nitrogens with one attached hydrogen (secondary N) is 2. The molecule has 5 heteroatoms. The SMILES string of the molecule is CCNC(=NCC1CCCN(C)C1)NCCCN(C(C)C)C(C)C. The topological polar surface area (TPSA) is 42.9 Å². The van der Waals surface area contributed by atoms with Gasteiger partial charge in [0.1, 0.15) is 0 Å². The summed E-state index contributed by atoms with van der Waals surface area (Å²) in [5.74, 6) is 1.68. The van der Waals surface area contributed by atoms with E-state index in [2.05, 4.69) is 62.1 Å². The maximum absolute atomic E-state index is 4.81. The van der Waals surface area contributed by atoms with Crippen LogP contribution in [0.3, 0.4) is 0 Å². The summed E-state index contributed by atoms with van der Waals surface area (Å²) in [7, 11) is 2.22. The standard InChI is InChI=1S/C19H41N5/c1-7-20-19(22-14-18-10-8-12-23(6)15-18)21-11-9-13-24(16(2)3)17(4)5/h16-18H,7-15H2,1-6H3,(H2,20,21,22). The van der Waals surface area contributed by atoms with Gasteiger partial charge in [-0.3, -0.25) is 9.89 Å². The Morgan fingerprint density at radius 2 is 1.92 bits per heavy atom. The summed E-state index contributed by atoms with van der Waals surface area (Å²) < 4.78 is 0. The Bertz CT molecular complexity index is 346. The number of likely N-dealkylation sites (tertiary alicyclic amines) is 1. The van der Waals surface area contributed by atoms with Crippen molar-refractivity contribution in [2.75, 3.05) is 46.3 Å². The quantitative estimate of drug-likeness (QED) is 0.385. The zero-order chi connectivity index (χ0) is 17.9. The predicted molar refractivity (Wildman–Crippen MR) is 106 cm³/mol. The van der Waals surface area contributed by atoms with Crippen molar-refractivity contribution >= 4 is 5.96 Å². The molecule has 0 radical (unpaired) electrons. The van der Waals surface area contributed by atoms with E-state index in [-0.39, 0.29) is 0 Å². The van der Waals surface area contributed by atoms with Gasteiger partial charge in [0.25, 0.3) is 0 Å². The summed E-state index contributed by atoms with van der Waals surface area (Å²) in [6, 6.07) is 1.21. The molecule has 1 aliphatic rings. The smallest absolute Gasteiger partial charge is 0.191 e. The highest BCUT2D eigenvalue weighted by Crippen LogP contribution is 2.15. The van der Waals surface area contributed by atoms with Gasteiger partial charge in [-0.25, -0.2) is 0 Å². The third kappa shape index (κ3) is 8.34. The molecule has 0 aromatic carbocycles. The Balaban J connectivity index is 2.35. The normalized spacial score (nSPS) is 20.2. The number of rotatable bonds is 9. The van der Waals surface area contributed by atoms with E-state index in [0.717, 1.165) is 38.6 Å². The van der Waals surface area contributed by atoms with E-state index >= 15 is 0 Å². The van der Waals surface area contributed by atoms with Crippen LogP contribution in [0.25, 0.3) is 0 Å². The number of aliphatic imine (C=N–C) groups is 1. The molecule has 24 heavy (non-hydrogen) atoms. The van der Waals surface area contributed by atoms with Crippen molar-refractivity contribution in [2.45, 2.75) is 66.0 Å². The Morgan fingerprint density at radius 1 is 1.21 bits per heavy atom. The maximum atomic E-state index is 4.81. The molecule has 0 amide bonds. The maximum Gasteiger partial charge on any atom is 0.191 e. The fourth-order valence-corrected chi connectivity index (χ4v) is 3.57. The van der Waals surface area contributed by atoms with Crippen LogP contribution in [0.1, 0.15) is 53.9 Å².